The van der Waals surface area contributed by atoms with Crippen molar-refractivity contribution in [3.8, 4) is 5.75 Å². The molecule has 20 heavy (non-hydrogen) atoms. The lowest BCUT2D eigenvalue weighted by atomic mass is 10.0. The summed E-state index contributed by atoms with van der Waals surface area (Å²) in [6, 6.07) is 15.0. The molecule has 0 aromatic heterocycles. The van der Waals surface area contributed by atoms with E-state index >= 15 is 0 Å². The van der Waals surface area contributed by atoms with Crippen molar-refractivity contribution >= 4 is 11.5 Å². The summed E-state index contributed by atoms with van der Waals surface area (Å²) in [6.45, 7) is 5.82. The summed E-state index contributed by atoms with van der Waals surface area (Å²) >= 11 is 0. The molecular weight excluding hydrogens is 250 g/mol. The maximum atomic E-state index is 12.3. The summed E-state index contributed by atoms with van der Waals surface area (Å²) in [6.07, 6.45) is 0. The minimum Gasteiger partial charge on any atom is -0.507 e. The summed E-state index contributed by atoms with van der Waals surface area (Å²) in [5, 5.41) is 10.1. The fourth-order valence-electron chi connectivity index (χ4n) is 2.18. The van der Waals surface area contributed by atoms with Gasteiger partial charge >= 0.3 is 0 Å². The van der Waals surface area contributed by atoms with Crippen LogP contribution in [-0.4, -0.2) is 24.0 Å². The smallest absolute Gasteiger partial charge is 0.197 e. The fraction of sp³-hybridized carbons (Fsp3) is 0.235. The van der Waals surface area contributed by atoms with Crippen LogP contribution in [-0.2, 0) is 0 Å². The van der Waals surface area contributed by atoms with Gasteiger partial charge in [-0.15, -0.1) is 0 Å². The molecule has 2 aromatic rings. The molecule has 1 radical (unpaired) electrons. The Labute approximate surface area is 119 Å². The number of carbonyl (C=O) groups is 1. The van der Waals surface area contributed by atoms with Crippen LogP contribution in [0.25, 0.3) is 0 Å². The molecule has 2 rings (SSSR count). The second-order valence-electron chi connectivity index (χ2n) is 4.48. The van der Waals surface area contributed by atoms with E-state index in [-0.39, 0.29) is 11.5 Å². The zero-order valence-electron chi connectivity index (χ0n) is 11.8. The van der Waals surface area contributed by atoms with Crippen molar-refractivity contribution in [2.45, 2.75) is 13.8 Å². The first-order valence-electron chi connectivity index (χ1n) is 6.76. The zero-order chi connectivity index (χ0) is 14.5. The summed E-state index contributed by atoms with van der Waals surface area (Å²) in [4.78, 5) is 14.4. The van der Waals surface area contributed by atoms with Crippen molar-refractivity contribution in [2.24, 2.45) is 0 Å². The highest BCUT2D eigenvalue weighted by atomic mass is 16.3. The zero-order valence-corrected chi connectivity index (χ0v) is 11.8. The molecule has 0 amide bonds. The molecule has 0 fully saturated rings. The van der Waals surface area contributed by atoms with Crippen LogP contribution in [0.4, 0.5) is 5.69 Å². The molecule has 0 aliphatic heterocycles. The molecule has 0 bridgehead atoms. The number of benzene rings is 2. The van der Waals surface area contributed by atoms with Gasteiger partial charge in [-0.05, 0) is 32.0 Å². The molecule has 0 saturated carbocycles. The molecule has 0 heterocycles. The van der Waals surface area contributed by atoms with Gasteiger partial charge in [-0.3, -0.25) is 4.79 Å². The average molecular weight is 268 g/mol. The van der Waals surface area contributed by atoms with E-state index in [1.165, 1.54) is 0 Å². The van der Waals surface area contributed by atoms with Gasteiger partial charge in [0.25, 0.3) is 0 Å². The number of carbonyl (C=O) groups excluding carboxylic acids is 1. The van der Waals surface area contributed by atoms with Gasteiger partial charge in [0, 0.05) is 30.4 Å². The van der Waals surface area contributed by atoms with Crippen molar-refractivity contribution in [1.82, 2.24) is 0 Å². The largest absolute Gasteiger partial charge is 0.507 e. The van der Waals surface area contributed by atoms with E-state index in [1.807, 2.05) is 6.07 Å². The first kappa shape index (κ1) is 14.1. The van der Waals surface area contributed by atoms with Crippen LogP contribution in [0.15, 0.2) is 42.5 Å². The van der Waals surface area contributed by atoms with Crippen LogP contribution in [0.3, 0.4) is 0 Å². The van der Waals surface area contributed by atoms with Crippen LogP contribution in [0.2, 0.25) is 0 Å². The van der Waals surface area contributed by atoms with Gasteiger partial charge in [0.2, 0.25) is 0 Å². The van der Waals surface area contributed by atoms with Crippen LogP contribution in [0, 0.1) is 6.07 Å². The summed E-state index contributed by atoms with van der Waals surface area (Å²) in [7, 11) is 0. The molecule has 0 saturated heterocycles. The first-order chi connectivity index (χ1) is 9.67. The molecule has 3 heteroatoms. The molecule has 0 aliphatic carbocycles. The van der Waals surface area contributed by atoms with Gasteiger partial charge in [0.1, 0.15) is 5.75 Å². The SMILES string of the molecule is CCN(CC)c1ccc(C(=O)c2[c]cccc2)c(O)c1. The molecule has 0 aliphatic rings. The van der Waals surface area contributed by atoms with Crippen LogP contribution in [0.1, 0.15) is 29.8 Å². The third kappa shape index (κ3) is 2.82. The monoisotopic (exact) mass is 268 g/mol. The number of rotatable bonds is 5. The average Bonchev–Trinajstić information content (AvgIpc) is 2.49. The lowest BCUT2D eigenvalue weighted by Crippen LogP contribution is -2.21. The van der Waals surface area contributed by atoms with E-state index in [1.54, 1.807) is 36.4 Å². The number of hydrogen-bond donors (Lipinski definition) is 1. The van der Waals surface area contributed by atoms with E-state index in [0.29, 0.717) is 11.1 Å². The summed E-state index contributed by atoms with van der Waals surface area (Å²) in [5.74, 6) is -0.203. The Morgan fingerprint density at radius 2 is 1.95 bits per heavy atom. The van der Waals surface area contributed by atoms with Crippen molar-refractivity contribution in [3.63, 3.8) is 0 Å². The van der Waals surface area contributed by atoms with Crippen LogP contribution in [0.5, 0.6) is 5.75 Å². The number of ketones is 1. The van der Waals surface area contributed by atoms with Gasteiger partial charge in [0.15, 0.2) is 5.78 Å². The molecule has 0 spiro atoms. The molecule has 0 atom stereocenters. The number of hydrogen-bond acceptors (Lipinski definition) is 3. The van der Waals surface area contributed by atoms with Gasteiger partial charge in [-0.1, -0.05) is 24.3 Å². The number of phenols is 1. The van der Waals surface area contributed by atoms with Gasteiger partial charge < -0.3 is 10.0 Å². The van der Waals surface area contributed by atoms with E-state index < -0.39 is 0 Å². The second-order valence-corrected chi connectivity index (χ2v) is 4.48. The van der Waals surface area contributed by atoms with Crippen molar-refractivity contribution < 1.29 is 9.90 Å². The third-order valence-corrected chi connectivity index (χ3v) is 3.31. The quantitative estimate of drug-likeness (QED) is 0.846. The Balaban J connectivity index is 2.33. The van der Waals surface area contributed by atoms with Gasteiger partial charge in [0.05, 0.1) is 5.56 Å². The Morgan fingerprint density at radius 1 is 1.20 bits per heavy atom. The van der Waals surface area contributed by atoms with Crippen molar-refractivity contribution in [2.75, 3.05) is 18.0 Å². The normalized spacial score (nSPS) is 10.3. The highest BCUT2D eigenvalue weighted by molar-refractivity contribution is 6.10. The van der Waals surface area contributed by atoms with E-state index in [4.69, 9.17) is 0 Å². The topological polar surface area (TPSA) is 40.5 Å². The highest BCUT2D eigenvalue weighted by Gasteiger charge is 2.14. The predicted molar refractivity (Wildman–Crippen MR) is 80.4 cm³/mol. The van der Waals surface area contributed by atoms with E-state index in [9.17, 15) is 9.90 Å². The summed E-state index contributed by atoms with van der Waals surface area (Å²) in [5.41, 5.74) is 1.68. The molecule has 3 nitrogen and oxygen atoms in total. The number of aromatic hydroxyl groups is 1. The Hall–Kier alpha value is -2.29. The van der Waals surface area contributed by atoms with Crippen LogP contribution < -0.4 is 4.90 Å². The Bertz CT molecular complexity index is 589. The third-order valence-electron chi connectivity index (χ3n) is 3.31. The fourth-order valence-corrected chi connectivity index (χ4v) is 2.18. The Morgan fingerprint density at radius 3 is 2.50 bits per heavy atom. The number of anilines is 1. The minimum absolute atomic E-state index is 0.0108. The lowest BCUT2D eigenvalue weighted by Gasteiger charge is -2.21. The molecule has 2 aromatic carbocycles. The summed E-state index contributed by atoms with van der Waals surface area (Å²) < 4.78 is 0. The molecule has 0 unspecified atom stereocenters. The number of phenolic OH excluding ortho intramolecular Hbond substituents is 1. The van der Waals surface area contributed by atoms with Crippen LogP contribution >= 0.6 is 0 Å². The maximum absolute atomic E-state index is 12.3. The van der Waals surface area contributed by atoms with Crippen molar-refractivity contribution in [3.05, 3.63) is 59.7 Å². The minimum atomic E-state index is -0.214. The number of nitrogens with zero attached hydrogens (tertiary/aromatic N) is 1. The van der Waals surface area contributed by atoms with E-state index in [0.717, 1.165) is 18.8 Å². The highest BCUT2D eigenvalue weighted by Crippen LogP contribution is 2.26. The first-order valence-corrected chi connectivity index (χ1v) is 6.76. The predicted octanol–water partition coefficient (Wildman–Crippen LogP) is 3.27. The Kier molecular flexibility index (Phi) is 4.41. The lowest BCUT2D eigenvalue weighted by molar-refractivity contribution is 0.103. The standard InChI is InChI=1S/C17H18NO2/c1-3-18(4-2)14-10-11-15(16(19)12-14)17(20)13-8-6-5-7-9-13/h5-8,10-12,19H,3-4H2,1-2H3. The molecule has 103 valence electrons. The van der Waals surface area contributed by atoms with Gasteiger partial charge in [-0.2, -0.15) is 0 Å². The molecular formula is C17H18NO2. The second kappa shape index (κ2) is 6.24. The maximum Gasteiger partial charge on any atom is 0.197 e. The van der Waals surface area contributed by atoms with Crippen molar-refractivity contribution in [1.29, 1.82) is 0 Å². The molecule has 1 N–H and O–H groups in total. The van der Waals surface area contributed by atoms with Gasteiger partial charge in [-0.25, -0.2) is 0 Å². The van der Waals surface area contributed by atoms with E-state index in [2.05, 4.69) is 24.8 Å².